The second-order valence-corrected chi connectivity index (χ2v) is 39.5. The van der Waals surface area contributed by atoms with Gasteiger partial charge in [-0.1, -0.05) is 114 Å². The fraction of sp³-hybridized carbons (Fsp3) is 0.310. The van der Waals surface area contributed by atoms with Gasteiger partial charge in [-0.2, -0.15) is 26.3 Å². The predicted octanol–water partition coefficient (Wildman–Crippen LogP) is 17.4. The number of aldehydes is 1. The number of alkyl halides is 6. The van der Waals surface area contributed by atoms with Crippen LogP contribution in [0.3, 0.4) is 0 Å². The zero-order valence-corrected chi connectivity index (χ0v) is 57.8. The molecule has 4 heterocycles. The summed E-state index contributed by atoms with van der Waals surface area (Å²) >= 11 is 25.8. The predicted molar refractivity (Wildman–Crippen MR) is 345 cm³/mol. The van der Waals surface area contributed by atoms with E-state index in [0.717, 1.165) is 29.9 Å². The van der Waals surface area contributed by atoms with Crippen LogP contribution in [0, 0.1) is 3.57 Å². The van der Waals surface area contributed by atoms with Gasteiger partial charge in [-0.3, -0.25) is 9.59 Å². The van der Waals surface area contributed by atoms with Crippen molar-refractivity contribution in [2.45, 2.75) is 100.0 Å². The normalized spacial score (nSPS) is 12.8. The van der Waals surface area contributed by atoms with Crippen molar-refractivity contribution in [3.8, 4) is 0 Å². The summed E-state index contributed by atoms with van der Waals surface area (Å²) in [6.07, 6.45) is -1.80. The molecule has 0 saturated heterocycles. The number of pyridine rings is 2. The van der Waals surface area contributed by atoms with E-state index in [1.165, 1.54) is 65.8 Å². The Labute approximate surface area is 537 Å². The number of hydrogen-bond donors (Lipinski definition) is 0. The number of aromatic nitrogens is 4. The van der Waals surface area contributed by atoms with Gasteiger partial charge in [0.05, 0.1) is 42.3 Å². The van der Waals surface area contributed by atoms with Crippen LogP contribution in [0.2, 0.25) is 56.4 Å². The van der Waals surface area contributed by atoms with Crippen LogP contribution in [0.25, 0.3) is 22.1 Å². The highest BCUT2D eigenvalue weighted by molar-refractivity contribution is 14.1. The van der Waals surface area contributed by atoms with Crippen molar-refractivity contribution >= 4 is 151 Å². The van der Waals surface area contributed by atoms with Crippen LogP contribution >= 0.6 is 69.0 Å². The molecule has 14 nitrogen and oxygen atoms in total. The molecule has 87 heavy (non-hydrogen) atoms. The molecule has 0 unspecified atom stereocenters. The van der Waals surface area contributed by atoms with Gasteiger partial charge >= 0.3 is 12.4 Å². The Hall–Kier alpha value is -5.08. The van der Waals surface area contributed by atoms with Crippen LogP contribution in [0.1, 0.15) is 78.9 Å². The Morgan fingerprint density at radius 2 is 1.00 bits per heavy atom. The maximum absolute atomic E-state index is 14.2. The quantitative estimate of drug-likeness (QED) is 0.0241. The Balaban J connectivity index is 0.000000233. The lowest BCUT2D eigenvalue weighted by Crippen LogP contribution is -2.45. The highest BCUT2D eigenvalue weighted by Gasteiger charge is 2.42. The van der Waals surface area contributed by atoms with E-state index >= 15 is 0 Å². The zero-order chi connectivity index (χ0) is 65.4. The lowest BCUT2D eigenvalue weighted by atomic mass is 10.00. The first kappa shape index (κ1) is 71.0. The molecule has 0 bridgehead atoms. The molecule has 0 radical (unpaired) electrons. The number of benzene rings is 4. The highest BCUT2D eigenvalue weighted by Crippen LogP contribution is 2.43. The average Bonchev–Trinajstić information content (AvgIpc) is 1.83. The molecule has 8 rings (SSSR count). The van der Waals surface area contributed by atoms with Gasteiger partial charge in [0.25, 0.3) is 20.0 Å². The van der Waals surface area contributed by atoms with Crippen LogP contribution in [0.15, 0.2) is 132 Å². The molecular formula is C58H61Cl4F6IN6O8S2Si2. The Morgan fingerprint density at radius 3 is 1.44 bits per heavy atom. The maximum atomic E-state index is 14.2. The van der Waals surface area contributed by atoms with Crippen LogP contribution in [-0.4, -0.2) is 91.5 Å². The second kappa shape index (κ2) is 26.8. The number of carbonyl (C=O) groups excluding carboxylic acids is 2. The topological polar surface area (TPSA) is 163 Å². The van der Waals surface area contributed by atoms with Gasteiger partial charge in [0, 0.05) is 67.7 Å². The summed E-state index contributed by atoms with van der Waals surface area (Å²) in [6.45, 7) is 21.5. The Kier molecular flexibility index (Phi) is 21.9. The molecule has 8 aromatic rings. The molecular weight excluding hydrogens is 1410 g/mol. The van der Waals surface area contributed by atoms with E-state index in [-0.39, 0.29) is 43.1 Å². The number of ether oxygens (including phenoxy) is 2. The Bertz CT molecular complexity index is 4120. The van der Waals surface area contributed by atoms with E-state index in [0.29, 0.717) is 43.1 Å². The van der Waals surface area contributed by atoms with E-state index in [2.05, 4.69) is 127 Å². The van der Waals surface area contributed by atoms with Crippen LogP contribution in [0.4, 0.5) is 37.7 Å². The van der Waals surface area contributed by atoms with E-state index in [9.17, 15) is 52.8 Å². The number of halogens is 11. The summed E-state index contributed by atoms with van der Waals surface area (Å²) in [5.41, 5.74) is -0.984. The maximum Gasteiger partial charge on any atom is 0.417 e. The summed E-state index contributed by atoms with van der Waals surface area (Å²) in [7, 11) is -10.5. The molecule has 0 spiro atoms. The fourth-order valence-electron chi connectivity index (χ4n) is 8.54. The molecule has 0 atom stereocenters. The summed E-state index contributed by atoms with van der Waals surface area (Å²) in [5.74, 6) is -0.532. The number of anilines is 2. The van der Waals surface area contributed by atoms with Gasteiger partial charge in [0.2, 0.25) is 0 Å². The summed E-state index contributed by atoms with van der Waals surface area (Å²) < 4.78 is 151. The molecule has 29 heteroatoms. The van der Waals surface area contributed by atoms with Crippen LogP contribution in [-0.2, 0) is 41.9 Å². The fourth-order valence-corrected chi connectivity index (χ4v) is 16.5. The molecule has 4 aromatic heterocycles. The molecule has 0 amide bonds. The first-order valence-electron chi connectivity index (χ1n) is 26.0. The minimum absolute atomic E-state index is 0.0351. The monoisotopic (exact) mass is 1470 g/mol. The third-order valence-corrected chi connectivity index (χ3v) is 31.3. The SMILES string of the molecule is CC(C)(C)[Si](C)(C)n1ccc2c(I)ccnc21.COCN(c1cc(Cl)ccc1C(=O)c1ccnc2c1ccn2[Si](C)(C)C(C)(C)C)S(=O)(=O)c1ccc(Cl)c(C(F)(F)F)c1.COCN(c1cc(Cl)ccc1C=O)S(=O)(=O)c1ccc(Cl)c(C(F)(F)F)c1. The third kappa shape index (κ3) is 15.1. The van der Waals surface area contributed by atoms with Crippen molar-refractivity contribution in [1.82, 2.24) is 18.4 Å². The molecule has 468 valence electrons. The van der Waals surface area contributed by atoms with E-state index in [1.807, 2.05) is 18.5 Å². The molecule has 0 aliphatic carbocycles. The lowest BCUT2D eigenvalue weighted by molar-refractivity contribution is -0.138. The van der Waals surface area contributed by atoms with E-state index in [4.69, 9.17) is 55.9 Å². The van der Waals surface area contributed by atoms with E-state index < -0.39 is 99.1 Å². The average molecular weight is 1470 g/mol. The number of nitrogens with zero attached hydrogens (tertiary/aromatic N) is 6. The highest BCUT2D eigenvalue weighted by atomic mass is 127. The molecule has 0 N–H and O–H groups in total. The number of fused-ring (bicyclic) bond motifs is 2. The lowest BCUT2D eigenvalue weighted by Gasteiger charge is -2.38. The number of carbonyl (C=O) groups is 2. The first-order valence-corrected chi connectivity index (χ1v) is 37.4. The van der Waals surface area contributed by atoms with Crippen molar-refractivity contribution in [1.29, 1.82) is 0 Å². The van der Waals surface area contributed by atoms with Crippen molar-refractivity contribution in [2.24, 2.45) is 0 Å². The van der Waals surface area contributed by atoms with Crippen molar-refractivity contribution in [3.05, 3.63) is 173 Å². The summed E-state index contributed by atoms with van der Waals surface area (Å²) in [5, 5.41) is 1.06. The number of sulfonamides is 2. The van der Waals surface area contributed by atoms with Gasteiger partial charge in [0.15, 0.2) is 28.5 Å². The first-order chi connectivity index (χ1) is 40.1. The largest absolute Gasteiger partial charge is 0.417 e. The number of rotatable bonds is 15. The van der Waals surface area contributed by atoms with E-state index in [1.54, 1.807) is 6.07 Å². The standard InChI is InChI=1S/C29H30Cl2F3N3O4SSi.C16H12Cl2F3NO4S.C13H19IN2Si/c1-28(2,3)43(5,6)37-14-12-21-20(11-13-35-27(21)37)26(38)22-9-7-18(30)15-25(22)36(17-41-4)42(39,40)19-8-10-24(31)23(16-19)29(32,33)34;1-26-9-22(15-6-11(17)3-2-10(15)8-23)27(24,25)12-4-5-14(18)13(7-12)16(19,20)21;1-13(2,3)17(4,5)16-9-7-10-11(14)6-8-15-12(10)16/h7-16H,17H2,1-6H3;2-8H,9H2,1H3;6-9H,1-5H3. The van der Waals surface area contributed by atoms with Crippen molar-refractivity contribution in [2.75, 3.05) is 36.3 Å². The van der Waals surface area contributed by atoms with Crippen LogP contribution < -0.4 is 8.61 Å². The molecule has 0 saturated carbocycles. The van der Waals surface area contributed by atoms with Gasteiger partial charge in [-0.05, 0) is 142 Å². The van der Waals surface area contributed by atoms with Crippen molar-refractivity contribution in [3.63, 3.8) is 0 Å². The minimum Gasteiger partial charge on any atom is -0.363 e. The third-order valence-electron chi connectivity index (χ3n) is 15.3. The Morgan fingerprint density at radius 1 is 0.586 bits per heavy atom. The molecule has 0 fully saturated rings. The second-order valence-electron chi connectivity index (χ2n) is 22.7. The summed E-state index contributed by atoms with van der Waals surface area (Å²) in [4.78, 5) is 33.2. The number of hydrogen-bond acceptors (Lipinski definition) is 10. The van der Waals surface area contributed by atoms with Gasteiger partial charge < -0.3 is 17.9 Å². The molecule has 0 aliphatic heterocycles. The molecule has 4 aromatic carbocycles. The minimum atomic E-state index is -4.90. The smallest absolute Gasteiger partial charge is 0.363 e. The van der Waals surface area contributed by atoms with Crippen molar-refractivity contribution < 1.29 is 62.2 Å². The summed E-state index contributed by atoms with van der Waals surface area (Å²) in [6, 6.07) is 20.0. The van der Waals surface area contributed by atoms with Crippen LogP contribution in [0.5, 0.6) is 0 Å². The van der Waals surface area contributed by atoms with Gasteiger partial charge in [-0.25, -0.2) is 35.4 Å². The molecule has 0 aliphatic rings. The number of methoxy groups -OCH3 is 2. The van der Waals surface area contributed by atoms with Gasteiger partial charge in [0.1, 0.15) is 24.8 Å². The van der Waals surface area contributed by atoms with Gasteiger partial charge in [-0.15, -0.1) is 0 Å². The zero-order valence-electron chi connectivity index (χ0n) is 49.0. The number of ketones is 1.